The summed E-state index contributed by atoms with van der Waals surface area (Å²) in [4.78, 5) is 15.3. The SMILES string of the molecule is Cc1ccccc1CN(C)C(=O)CCn1c(-c2cccs2)n[nH]c1=S. The maximum atomic E-state index is 12.5. The summed E-state index contributed by atoms with van der Waals surface area (Å²) in [6.45, 7) is 3.19. The number of aromatic nitrogens is 3. The van der Waals surface area contributed by atoms with Gasteiger partial charge in [-0.25, -0.2) is 0 Å². The van der Waals surface area contributed by atoms with Gasteiger partial charge in [-0.2, -0.15) is 5.10 Å². The molecule has 0 spiro atoms. The zero-order valence-corrected chi connectivity index (χ0v) is 15.9. The third-order valence-corrected chi connectivity index (χ3v) is 5.32. The molecule has 0 saturated carbocycles. The molecule has 0 aliphatic carbocycles. The quantitative estimate of drug-likeness (QED) is 0.665. The lowest BCUT2D eigenvalue weighted by atomic mass is 10.1. The molecule has 1 aromatic carbocycles. The molecule has 130 valence electrons. The summed E-state index contributed by atoms with van der Waals surface area (Å²) in [5.41, 5.74) is 2.36. The van der Waals surface area contributed by atoms with Gasteiger partial charge in [0.2, 0.25) is 5.91 Å². The summed E-state index contributed by atoms with van der Waals surface area (Å²) in [6.07, 6.45) is 0.384. The molecule has 0 saturated heterocycles. The molecule has 0 fully saturated rings. The van der Waals surface area contributed by atoms with E-state index in [2.05, 4.69) is 29.3 Å². The van der Waals surface area contributed by atoms with Crippen LogP contribution in [0.2, 0.25) is 0 Å². The van der Waals surface area contributed by atoms with E-state index in [9.17, 15) is 4.79 Å². The number of aryl methyl sites for hydroxylation is 1. The van der Waals surface area contributed by atoms with Gasteiger partial charge in [-0.05, 0) is 41.7 Å². The number of thiophene rings is 1. The zero-order valence-electron chi connectivity index (χ0n) is 14.2. The van der Waals surface area contributed by atoms with E-state index >= 15 is 0 Å². The predicted molar refractivity (Wildman–Crippen MR) is 103 cm³/mol. The fraction of sp³-hybridized carbons (Fsp3) is 0.278. The summed E-state index contributed by atoms with van der Waals surface area (Å²) < 4.78 is 2.43. The largest absolute Gasteiger partial charge is 0.341 e. The highest BCUT2D eigenvalue weighted by atomic mass is 32.1. The van der Waals surface area contributed by atoms with Crippen molar-refractivity contribution in [1.82, 2.24) is 19.7 Å². The van der Waals surface area contributed by atoms with E-state index in [4.69, 9.17) is 12.2 Å². The van der Waals surface area contributed by atoms with Crippen molar-refractivity contribution in [2.24, 2.45) is 0 Å². The van der Waals surface area contributed by atoms with E-state index in [-0.39, 0.29) is 5.91 Å². The smallest absolute Gasteiger partial charge is 0.224 e. The highest BCUT2D eigenvalue weighted by molar-refractivity contribution is 7.71. The second-order valence-corrected chi connectivity index (χ2v) is 7.24. The van der Waals surface area contributed by atoms with E-state index < -0.39 is 0 Å². The van der Waals surface area contributed by atoms with Crippen molar-refractivity contribution in [2.75, 3.05) is 7.05 Å². The Balaban J connectivity index is 1.66. The second kappa shape index (κ2) is 7.76. The van der Waals surface area contributed by atoms with Crippen LogP contribution in [0.3, 0.4) is 0 Å². The van der Waals surface area contributed by atoms with Crippen molar-refractivity contribution < 1.29 is 4.79 Å². The minimum Gasteiger partial charge on any atom is -0.341 e. The van der Waals surface area contributed by atoms with Crippen LogP contribution in [0.25, 0.3) is 10.7 Å². The molecule has 0 unspecified atom stereocenters. The number of carbonyl (C=O) groups is 1. The van der Waals surface area contributed by atoms with Gasteiger partial charge in [-0.3, -0.25) is 14.5 Å². The van der Waals surface area contributed by atoms with Crippen molar-refractivity contribution in [1.29, 1.82) is 0 Å². The molecule has 7 heteroatoms. The summed E-state index contributed by atoms with van der Waals surface area (Å²) in [5.74, 6) is 0.873. The van der Waals surface area contributed by atoms with Gasteiger partial charge < -0.3 is 4.90 Å². The summed E-state index contributed by atoms with van der Waals surface area (Å²) >= 11 is 6.91. The molecule has 0 aliphatic rings. The van der Waals surface area contributed by atoms with Gasteiger partial charge in [-0.1, -0.05) is 30.3 Å². The molecule has 2 heterocycles. The summed E-state index contributed by atoms with van der Waals surface area (Å²) in [6, 6.07) is 12.1. The monoisotopic (exact) mass is 372 g/mol. The Morgan fingerprint density at radius 3 is 2.84 bits per heavy atom. The molecule has 1 amide bonds. The van der Waals surface area contributed by atoms with E-state index in [1.165, 1.54) is 5.56 Å². The molecule has 0 atom stereocenters. The number of nitrogens with one attached hydrogen (secondary N) is 1. The second-order valence-electron chi connectivity index (χ2n) is 5.91. The number of nitrogens with zero attached hydrogens (tertiary/aromatic N) is 3. The van der Waals surface area contributed by atoms with Crippen LogP contribution in [0.1, 0.15) is 17.5 Å². The lowest BCUT2D eigenvalue weighted by Crippen LogP contribution is -2.27. The Kier molecular flexibility index (Phi) is 5.45. The topological polar surface area (TPSA) is 53.9 Å². The number of aromatic amines is 1. The Bertz CT molecular complexity index is 911. The van der Waals surface area contributed by atoms with Gasteiger partial charge in [0.25, 0.3) is 0 Å². The highest BCUT2D eigenvalue weighted by Gasteiger charge is 2.14. The number of carbonyl (C=O) groups excluding carboxylic acids is 1. The number of hydrogen-bond acceptors (Lipinski definition) is 4. The van der Waals surface area contributed by atoms with E-state index in [1.807, 2.05) is 41.3 Å². The predicted octanol–water partition coefficient (Wildman–Crippen LogP) is 4.03. The van der Waals surface area contributed by atoms with Crippen molar-refractivity contribution in [3.8, 4) is 10.7 Å². The van der Waals surface area contributed by atoms with Crippen molar-refractivity contribution in [2.45, 2.75) is 26.4 Å². The number of hydrogen-bond donors (Lipinski definition) is 1. The van der Waals surface area contributed by atoms with Crippen LogP contribution in [0, 0.1) is 11.7 Å². The van der Waals surface area contributed by atoms with Gasteiger partial charge in [0, 0.05) is 26.6 Å². The Hall–Kier alpha value is -2.25. The third-order valence-electron chi connectivity index (χ3n) is 4.14. The van der Waals surface area contributed by atoms with E-state index in [1.54, 1.807) is 16.2 Å². The third kappa shape index (κ3) is 4.05. The molecule has 2 aromatic heterocycles. The molecule has 3 aromatic rings. The first-order valence-electron chi connectivity index (χ1n) is 8.04. The average Bonchev–Trinajstić information content (AvgIpc) is 3.24. The van der Waals surface area contributed by atoms with Crippen LogP contribution in [0.4, 0.5) is 0 Å². The molecule has 3 rings (SSSR count). The van der Waals surface area contributed by atoms with Gasteiger partial charge in [-0.15, -0.1) is 11.3 Å². The van der Waals surface area contributed by atoms with Crippen LogP contribution >= 0.6 is 23.6 Å². The molecule has 0 aliphatic heterocycles. The van der Waals surface area contributed by atoms with E-state index in [0.717, 1.165) is 16.3 Å². The van der Waals surface area contributed by atoms with Gasteiger partial charge >= 0.3 is 0 Å². The minimum atomic E-state index is 0.0866. The Morgan fingerprint density at radius 2 is 2.12 bits per heavy atom. The van der Waals surface area contributed by atoms with Gasteiger partial charge in [0.05, 0.1) is 4.88 Å². The van der Waals surface area contributed by atoms with Crippen LogP contribution in [-0.2, 0) is 17.9 Å². The summed E-state index contributed by atoms with van der Waals surface area (Å²) in [5, 5.41) is 9.11. The standard InChI is InChI=1S/C18H20N4OS2/c1-13-6-3-4-7-14(13)12-21(2)16(23)9-10-22-17(19-20-18(22)24)15-8-5-11-25-15/h3-8,11H,9-10,12H2,1-2H3,(H,20,24). The molecule has 1 N–H and O–H groups in total. The van der Waals surface area contributed by atoms with Crippen LogP contribution in [-0.4, -0.2) is 32.6 Å². The summed E-state index contributed by atoms with van der Waals surface area (Å²) in [7, 11) is 1.84. The Labute approximate surface area is 155 Å². The molecule has 5 nitrogen and oxygen atoms in total. The first kappa shape index (κ1) is 17.6. The number of amides is 1. The zero-order chi connectivity index (χ0) is 17.8. The van der Waals surface area contributed by atoms with Crippen LogP contribution < -0.4 is 0 Å². The lowest BCUT2D eigenvalue weighted by Gasteiger charge is -2.19. The molecule has 0 bridgehead atoms. The fourth-order valence-electron chi connectivity index (χ4n) is 2.65. The first-order chi connectivity index (χ1) is 12.1. The molecule has 25 heavy (non-hydrogen) atoms. The maximum Gasteiger partial charge on any atom is 0.224 e. The number of rotatable bonds is 6. The van der Waals surface area contributed by atoms with E-state index in [0.29, 0.717) is 24.3 Å². The fourth-order valence-corrected chi connectivity index (χ4v) is 3.59. The number of H-pyrrole nitrogens is 1. The van der Waals surface area contributed by atoms with Gasteiger partial charge in [0.1, 0.15) is 0 Å². The first-order valence-corrected chi connectivity index (χ1v) is 9.32. The average molecular weight is 373 g/mol. The lowest BCUT2D eigenvalue weighted by molar-refractivity contribution is -0.130. The van der Waals surface area contributed by atoms with Crippen molar-refractivity contribution in [3.63, 3.8) is 0 Å². The van der Waals surface area contributed by atoms with Crippen LogP contribution in [0.15, 0.2) is 41.8 Å². The molecular formula is C18H20N4OS2. The van der Waals surface area contributed by atoms with Crippen molar-refractivity contribution in [3.05, 3.63) is 57.7 Å². The molecular weight excluding hydrogens is 352 g/mol. The minimum absolute atomic E-state index is 0.0866. The normalized spacial score (nSPS) is 10.8. The maximum absolute atomic E-state index is 12.5. The van der Waals surface area contributed by atoms with Gasteiger partial charge in [0.15, 0.2) is 10.6 Å². The Morgan fingerprint density at radius 1 is 1.32 bits per heavy atom. The van der Waals surface area contributed by atoms with Crippen LogP contribution in [0.5, 0.6) is 0 Å². The highest BCUT2D eigenvalue weighted by Crippen LogP contribution is 2.23. The number of benzene rings is 1. The molecule has 0 radical (unpaired) electrons. The van der Waals surface area contributed by atoms with Crippen molar-refractivity contribution >= 4 is 29.5 Å².